The van der Waals surface area contributed by atoms with E-state index in [1.54, 1.807) is 0 Å². The zero-order valence-corrected chi connectivity index (χ0v) is 10.7. The molecule has 1 aromatic rings. The van der Waals surface area contributed by atoms with Crippen LogP contribution in [0.4, 0.5) is 5.69 Å². The molecule has 1 aromatic carbocycles. The molecule has 0 spiro atoms. The zero-order chi connectivity index (χ0) is 14.0. The van der Waals surface area contributed by atoms with Crippen molar-refractivity contribution in [1.29, 1.82) is 0 Å². The Morgan fingerprint density at radius 2 is 1.83 bits per heavy atom. The van der Waals surface area contributed by atoms with Crippen molar-refractivity contribution in [1.82, 2.24) is 0 Å². The maximum Gasteiger partial charge on any atom is 0.296 e. The Bertz CT molecular complexity index is 638. The number of aliphatic hydroxyl groups excluding tert-OH is 1. The number of hydrogen-bond acceptors (Lipinski definition) is 7. The van der Waals surface area contributed by atoms with Gasteiger partial charge in [-0.05, 0) is 18.2 Å². The van der Waals surface area contributed by atoms with Gasteiger partial charge in [0.15, 0.2) is 9.84 Å². The van der Waals surface area contributed by atoms with Crippen LogP contribution >= 0.6 is 0 Å². The second kappa shape index (κ2) is 5.20. The summed E-state index contributed by atoms with van der Waals surface area (Å²) in [5.41, 5.74) is 1.74. The van der Waals surface area contributed by atoms with Crippen LogP contribution < -0.4 is 11.3 Å². The van der Waals surface area contributed by atoms with Crippen LogP contribution in [0.2, 0.25) is 0 Å². The Morgan fingerprint density at radius 1 is 1.22 bits per heavy atom. The van der Waals surface area contributed by atoms with Gasteiger partial charge >= 0.3 is 0 Å². The predicted octanol–water partition coefficient (Wildman–Crippen LogP) is -1.02. The molecule has 0 atom stereocenters. The number of hydrazine groups is 1. The SMILES string of the molecule is NNc1cc(S(=O)(=O)CCO)ccc1S(=O)(=O)O. The van der Waals surface area contributed by atoms with Crippen molar-refractivity contribution in [2.75, 3.05) is 17.8 Å². The van der Waals surface area contributed by atoms with Crippen LogP contribution in [0, 0.1) is 0 Å². The van der Waals surface area contributed by atoms with Crippen LogP contribution in [-0.4, -0.2) is 38.9 Å². The normalized spacial score (nSPS) is 12.4. The van der Waals surface area contributed by atoms with Gasteiger partial charge in [0, 0.05) is 0 Å². The zero-order valence-electron chi connectivity index (χ0n) is 9.07. The first-order valence-corrected chi connectivity index (χ1v) is 7.73. The van der Waals surface area contributed by atoms with Gasteiger partial charge in [-0.15, -0.1) is 0 Å². The molecule has 0 saturated carbocycles. The van der Waals surface area contributed by atoms with E-state index in [4.69, 9.17) is 15.5 Å². The second-order valence-electron chi connectivity index (χ2n) is 3.32. The molecule has 0 bridgehead atoms. The highest BCUT2D eigenvalue weighted by molar-refractivity contribution is 7.91. The lowest BCUT2D eigenvalue weighted by Crippen LogP contribution is -2.15. The van der Waals surface area contributed by atoms with Gasteiger partial charge in [0.2, 0.25) is 0 Å². The third-order valence-electron chi connectivity index (χ3n) is 2.10. The first kappa shape index (κ1) is 14.9. The summed E-state index contributed by atoms with van der Waals surface area (Å²) in [5.74, 6) is 4.57. The summed E-state index contributed by atoms with van der Waals surface area (Å²) in [7, 11) is -8.23. The number of aliphatic hydroxyl groups is 1. The minimum Gasteiger partial charge on any atom is -0.395 e. The fourth-order valence-electron chi connectivity index (χ4n) is 1.28. The monoisotopic (exact) mass is 296 g/mol. The summed E-state index contributed by atoms with van der Waals surface area (Å²) in [5, 5.41) is 8.62. The molecule has 8 nitrogen and oxygen atoms in total. The lowest BCUT2D eigenvalue weighted by Gasteiger charge is -2.09. The lowest BCUT2D eigenvalue weighted by molar-refractivity contribution is 0.319. The Kier molecular flexibility index (Phi) is 4.29. The highest BCUT2D eigenvalue weighted by atomic mass is 32.2. The lowest BCUT2D eigenvalue weighted by atomic mass is 10.3. The quantitative estimate of drug-likeness (QED) is 0.307. The summed E-state index contributed by atoms with van der Waals surface area (Å²) in [6.07, 6.45) is 0. The minimum absolute atomic E-state index is 0.211. The molecule has 0 unspecified atom stereocenters. The highest BCUT2D eigenvalue weighted by Gasteiger charge is 2.20. The first-order chi connectivity index (χ1) is 8.22. The third kappa shape index (κ3) is 3.17. The molecule has 0 heterocycles. The van der Waals surface area contributed by atoms with Crippen LogP contribution in [0.3, 0.4) is 0 Å². The molecule has 1 rings (SSSR count). The number of benzene rings is 1. The maximum absolute atomic E-state index is 11.6. The smallest absolute Gasteiger partial charge is 0.296 e. The molecule has 0 saturated heterocycles. The molecule has 0 aliphatic heterocycles. The number of anilines is 1. The predicted molar refractivity (Wildman–Crippen MR) is 63.2 cm³/mol. The number of nitrogens with two attached hydrogens (primary N) is 1. The minimum atomic E-state index is -4.51. The summed E-state index contributed by atoms with van der Waals surface area (Å²) in [6.45, 7) is -0.562. The topological polar surface area (TPSA) is 147 Å². The number of sulfone groups is 1. The maximum atomic E-state index is 11.6. The Hall–Kier alpha value is -1.20. The molecule has 0 radical (unpaired) electrons. The van der Waals surface area contributed by atoms with Crippen LogP contribution in [0.1, 0.15) is 0 Å². The van der Waals surface area contributed by atoms with E-state index < -0.39 is 37.2 Å². The van der Waals surface area contributed by atoms with E-state index in [1.807, 2.05) is 5.43 Å². The largest absolute Gasteiger partial charge is 0.395 e. The van der Waals surface area contributed by atoms with E-state index in [-0.39, 0.29) is 10.6 Å². The Morgan fingerprint density at radius 3 is 2.28 bits per heavy atom. The number of hydrogen-bond donors (Lipinski definition) is 4. The standard InChI is InChI=1S/C8H12N2O6S2/c9-10-7-5-6(17(12,13)4-3-11)1-2-8(7)18(14,15)16/h1-2,5,10-11H,3-4,9H2,(H,14,15,16). The molecule has 0 aromatic heterocycles. The van der Waals surface area contributed by atoms with Crippen molar-refractivity contribution >= 4 is 25.6 Å². The van der Waals surface area contributed by atoms with Gasteiger partial charge in [-0.3, -0.25) is 10.4 Å². The molecule has 0 fully saturated rings. The highest BCUT2D eigenvalue weighted by Crippen LogP contribution is 2.24. The van der Waals surface area contributed by atoms with Gasteiger partial charge in [0.1, 0.15) is 4.90 Å². The van der Waals surface area contributed by atoms with Gasteiger partial charge in [0.25, 0.3) is 10.1 Å². The van der Waals surface area contributed by atoms with Crippen molar-refractivity contribution in [3.63, 3.8) is 0 Å². The fraction of sp³-hybridized carbons (Fsp3) is 0.250. The summed E-state index contributed by atoms with van der Waals surface area (Å²) >= 11 is 0. The second-order valence-corrected chi connectivity index (χ2v) is 6.82. The Balaban J connectivity index is 3.40. The van der Waals surface area contributed by atoms with Gasteiger partial charge in [-0.2, -0.15) is 8.42 Å². The van der Waals surface area contributed by atoms with E-state index in [0.717, 1.165) is 18.2 Å². The van der Waals surface area contributed by atoms with Crippen LogP contribution in [-0.2, 0) is 20.0 Å². The molecule has 0 amide bonds. The third-order valence-corrected chi connectivity index (χ3v) is 4.71. The summed E-state index contributed by atoms with van der Waals surface area (Å²) < 4.78 is 54.1. The molecule has 10 heteroatoms. The Labute approximate surface area is 104 Å². The average molecular weight is 296 g/mol. The number of rotatable bonds is 5. The van der Waals surface area contributed by atoms with Crippen molar-refractivity contribution in [3.8, 4) is 0 Å². The van der Waals surface area contributed by atoms with Gasteiger partial charge < -0.3 is 10.5 Å². The number of nitrogen functional groups attached to an aromatic ring is 1. The van der Waals surface area contributed by atoms with Gasteiger partial charge in [0.05, 0.1) is 22.9 Å². The van der Waals surface area contributed by atoms with Crippen molar-refractivity contribution in [2.45, 2.75) is 9.79 Å². The fourth-order valence-corrected chi connectivity index (χ4v) is 2.96. The molecular weight excluding hydrogens is 284 g/mol. The van der Waals surface area contributed by atoms with E-state index >= 15 is 0 Å². The van der Waals surface area contributed by atoms with Crippen LogP contribution in [0.15, 0.2) is 28.0 Å². The average Bonchev–Trinajstić information content (AvgIpc) is 2.27. The molecule has 0 aliphatic carbocycles. The van der Waals surface area contributed by atoms with Crippen molar-refractivity contribution in [3.05, 3.63) is 18.2 Å². The van der Waals surface area contributed by atoms with Gasteiger partial charge in [-0.1, -0.05) is 0 Å². The summed E-state index contributed by atoms with van der Waals surface area (Å²) in [4.78, 5) is -0.746. The van der Waals surface area contributed by atoms with E-state index in [9.17, 15) is 16.8 Å². The molecular formula is C8H12N2O6S2. The van der Waals surface area contributed by atoms with E-state index in [0.29, 0.717) is 0 Å². The molecule has 18 heavy (non-hydrogen) atoms. The van der Waals surface area contributed by atoms with Crippen LogP contribution in [0.5, 0.6) is 0 Å². The molecule has 5 N–H and O–H groups in total. The number of nitrogens with one attached hydrogen (secondary N) is 1. The first-order valence-electron chi connectivity index (χ1n) is 4.64. The van der Waals surface area contributed by atoms with Gasteiger partial charge in [-0.25, -0.2) is 8.42 Å². The van der Waals surface area contributed by atoms with Crippen LogP contribution in [0.25, 0.3) is 0 Å². The van der Waals surface area contributed by atoms with E-state index in [1.165, 1.54) is 0 Å². The van der Waals surface area contributed by atoms with Crippen molar-refractivity contribution < 1.29 is 26.5 Å². The molecule has 102 valence electrons. The molecule has 0 aliphatic rings. The van der Waals surface area contributed by atoms with Crippen molar-refractivity contribution in [2.24, 2.45) is 5.84 Å². The summed E-state index contributed by atoms with van der Waals surface area (Å²) in [6, 6.07) is 2.89. The van der Waals surface area contributed by atoms with E-state index in [2.05, 4.69) is 0 Å².